The molecule has 1 aliphatic heterocycles. The average molecular weight is 156 g/mol. The van der Waals surface area contributed by atoms with Crippen molar-refractivity contribution >= 4 is 10.8 Å². The summed E-state index contributed by atoms with van der Waals surface area (Å²) < 4.78 is 0. The van der Waals surface area contributed by atoms with E-state index < -0.39 is 0 Å². The summed E-state index contributed by atoms with van der Waals surface area (Å²) in [5, 5.41) is 8.69. The van der Waals surface area contributed by atoms with Crippen LogP contribution < -0.4 is 0 Å². The van der Waals surface area contributed by atoms with Crippen LogP contribution in [0, 0.1) is 0 Å². The van der Waals surface area contributed by atoms with Crippen molar-refractivity contribution in [3.63, 3.8) is 0 Å². The summed E-state index contributed by atoms with van der Waals surface area (Å²) in [5.41, 5.74) is 2.45. The summed E-state index contributed by atoms with van der Waals surface area (Å²) in [4.78, 5) is 0. The van der Waals surface area contributed by atoms with Gasteiger partial charge in [-0.25, -0.2) is 0 Å². The second-order valence-electron chi connectivity index (χ2n) is 2.98. The fraction of sp³-hybridized carbons (Fsp3) is 0. The highest BCUT2D eigenvalue weighted by atomic mass is 15.1. The van der Waals surface area contributed by atoms with Gasteiger partial charge in [0, 0.05) is 17.1 Å². The van der Waals surface area contributed by atoms with E-state index >= 15 is 0 Å². The summed E-state index contributed by atoms with van der Waals surface area (Å²) >= 11 is 0. The first-order valence-corrected chi connectivity index (χ1v) is 3.98. The molecule has 0 unspecified atom stereocenters. The average Bonchev–Trinajstić information content (AvgIpc) is 2.62. The Morgan fingerprint density at radius 3 is 3.00 bits per heavy atom. The lowest BCUT2D eigenvalue weighted by atomic mass is 10.2. The Hall–Kier alpha value is -1.70. The predicted octanol–water partition coefficient (Wildman–Crippen LogP) is 2.60. The van der Waals surface area contributed by atoms with Crippen molar-refractivity contribution in [3.05, 3.63) is 36.5 Å². The van der Waals surface area contributed by atoms with E-state index in [1.807, 2.05) is 6.20 Å². The molecule has 12 heavy (non-hydrogen) atoms. The van der Waals surface area contributed by atoms with E-state index in [9.17, 15) is 0 Å². The molecule has 0 aromatic heterocycles. The zero-order valence-electron chi connectivity index (χ0n) is 6.46. The molecule has 0 radical (unpaired) electrons. The van der Waals surface area contributed by atoms with Gasteiger partial charge in [-0.2, -0.15) is 0 Å². The van der Waals surface area contributed by atoms with Gasteiger partial charge in [0.05, 0.1) is 5.69 Å². The van der Waals surface area contributed by atoms with Crippen molar-refractivity contribution < 1.29 is 0 Å². The van der Waals surface area contributed by atoms with Crippen LogP contribution in [-0.4, -0.2) is 10.2 Å². The standard InChI is InChI=1S/C10H8N2/c1-2-4-9-7(3-1)5-8-6-11-12-10(8)9/h1-6,11-12H. The first-order valence-electron chi connectivity index (χ1n) is 3.98. The van der Waals surface area contributed by atoms with Crippen LogP contribution in [0.25, 0.3) is 22.0 Å². The highest BCUT2D eigenvalue weighted by Crippen LogP contribution is 2.31. The van der Waals surface area contributed by atoms with Crippen LogP contribution >= 0.6 is 0 Å². The van der Waals surface area contributed by atoms with E-state index in [0.717, 1.165) is 0 Å². The van der Waals surface area contributed by atoms with Gasteiger partial charge in [0.25, 0.3) is 0 Å². The highest BCUT2D eigenvalue weighted by Gasteiger charge is 2.08. The molecule has 0 saturated heterocycles. The van der Waals surface area contributed by atoms with Crippen molar-refractivity contribution in [2.75, 3.05) is 0 Å². The Morgan fingerprint density at radius 1 is 1.08 bits per heavy atom. The molecular weight excluding hydrogens is 148 g/mol. The third kappa shape index (κ3) is 0.593. The van der Waals surface area contributed by atoms with Gasteiger partial charge in [-0.15, -0.1) is 0 Å². The van der Waals surface area contributed by atoms with Crippen molar-refractivity contribution in [2.45, 2.75) is 0 Å². The van der Waals surface area contributed by atoms with Gasteiger partial charge in [-0.3, -0.25) is 0 Å². The monoisotopic (exact) mass is 156 g/mol. The largest absolute Gasteiger partial charge is 0.307 e. The van der Waals surface area contributed by atoms with Crippen LogP contribution in [0.15, 0.2) is 36.5 Å². The highest BCUT2D eigenvalue weighted by molar-refractivity contribution is 6.00. The number of aromatic nitrogens is 2. The number of nitrogens with one attached hydrogen (secondary N) is 2. The van der Waals surface area contributed by atoms with Crippen LogP contribution in [-0.2, 0) is 0 Å². The SMILES string of the molecule is c1ccc2c3[nH][nH]cc-3cc2c1. The molecule has 3 rings (SSSR count). The number of rotatable bonds is 0. The van der Waals surface area contributed by atoms with E-state index in [4.69, 9.17) is 0 Å². The molecule has 1 heterocycles. The fourth-order valence-electron chi connectivity index (χ4n) is 1.69. The normalized spacial score (nSPS) is 11.3. The zero-order valence-corrected chi connectivity index (χ0v) is 6.46. The summed E-state index contributed by atoms with van der Waals surface area (Å²) in [7, 11) is 0. The van der Waals surface area contributed by atoms with E-state index in [2.05, 4.69) is 40.5 Å². The van der Waals surface area contributed by atoms with Gasteiger partial charge >= 0.3 is 0 Å². The lowest BCUT2D eigenvalue weighted by molar-refractivity contribution is 1.11. The number of hydrogen-bond acceptors (Lipinski definition) is 0. The Labute approximate surface area is 69.5 Å². The summed E-state index contributed by atoms with van der Waals surface area (Å²) in [6.45, 7) is 0. The summed E-state index contributed by atoms with van der Waals surface area (Å²) in [6, 6.07) is 10.6. The lowest BCUT2D eigenvalue weighted by Gasteiger charge is -1.88. The van der Waals surface area contributed by atoms with Gasteiger partial charge in [0.2, 0.25) is 0 Å². The Bertz CT molecular complexity index is 489. The predicted molar refractivity (Wildman–Crippen MR) is 49.3 cm³/mol. The zero-order chi connectivity index (χ0) is 7.97. The number of fused-ring (bicyclic) bond motifs is 3. The first-order chi connectivity index (χ1) is 5.95. The molecule has 1 aromatic carbocycles. The van der Waals surface area contributed by atoms with E-state index in [-0.39, 0.29) is 0 Å². The van der Waals surface area contributed by atoms with E-state index in [0.29, 0.717) is 0 Å². The Kier molecular flexibility index (Phi) is 0.939. The molecule has 0 fully saturated rings. The minimum atomic E-state index is 1.20. The van der Waals surface area contributed by atoms with Crippen molar-refractivity contribution in [3.8, 4) is 11.3 Å². The van der Waals surface area contributed by atoms with Crippen LogP contribution in [0.2, 0.25) is 0 Å². The van der Waals surface area contributed by atoms with E-state index in [1.54, 1.807) is 0 Å². The van der Waals surface area contributed by atoms with Crippen LogP contribution in [0.4, 0.5) is 0 Å². The number of H-pyrrole nitrogens is 2. The topological polar surface area (TPSA) is 31.6 Å². The summed E-state index contributed by atoms with van der Waals surface area (Å²) in [6.07, 6.45) is 1.98. The third-order valence-electron chi connectivity index (χ3n) is 2.25. The molecule has 1 aromatic rings. The lowest BCUT2D eigenvalue weighted by Crippen LogP contribution is -1.69. The van der Waals surface area contributed by atoms with Crippen molar-refractivity contribution in [2.24, 2.45) is 0 Å². The smallest absolute Gasteiger partial charge is 0.0705 e. The molecule has 0 atom stereocenters. The number of hydrogen-bond donors (Lipinski definition) is 2. The molecule has 0 spiro atoms. The molecule has 0 bridgehead atoms. The van der Waals surface area contributed by atoms with Crippen LogP contribution in [0.1, 0.15) is 0 Å². The molecule has 2 N–H and O–H groups in total. The number of aromatic amines is 2. The van der Waals surface area contributed by atoms with Gasteiger partial charge in [0.15, 0.2) is 0 Å². The maximum atomic E-state index is 3.12. The Balaban J connectivity index is 2.59. The van der Waals surface area contributed by atoms with Gasteiger partial charge in [0.1, 0.15) is 0 Å². The maximum Gasteiger partial charge on any atom is 0.0705 e. The summed E-state index contributed by atoms with van der Waals surface area (Å²) in [5.74, 6) is 0. The molecule has 2 heteroatoms. The minimum Gasteiger partial charge on any atom is -0.307 e. The van der Waals surface area contributed by atoms with Gasteiger partial charge < -0.3 is 10.2 Å². The second kappa shape index (κ2) is 1.91. The molecular formula is C10H8N2. The van der Waals surface area contributed by atoms with Gasteiger partial charge in [-0.1, -0.05) is 24.3 Å². The van der Waals surface area contributed by atoms with Crippen LogP contribution in [0.5, 0.6) is 0 Å². The molecule has 0 saturated carbocycles. The van der Waals surface area contributed by atoms with Crippen LogP contribution in [0.3, 0.4) is 0 Å². The number of benzene rings is 1. The Morgan fingerprint density at radius 2 is 2.00 bits per heavy atom. The molecule has 2 aliphatic rings. The second-order valence-corrected chi connectivity index (χ2v) is 2.98. The molecule has 2 nitrogen and oxygen atoms in total. The third-order valence-corrected chi connectivity index (χ3v) is 2.25. The van der Waals surface area contributed by atoms with Crippen molar-refractivity contribution in [1.29, 1.82) is 0 Å². The quantitative estimate of drug-likeness (QED) is 0.501. The fourth-order valence-corrected chi connectivity index (χ4v) is 1.69. The van der Waals surface area contributed by atoms with Crippen molar-refractivity contribution in [1.82, 2.24) is 10.2 Å². The first kappa shape index (κ1) is 5.89. The van der Waals surface area contributed by atoms with E-state index in [1.165, 1.54) is 22.0 Å². The van der Waals surface area contributed by atoms with Gasteiger partial charge in [-0.05, 0) is 11.5 Å². The maximum absolute atomic E-state index is 3.12. The molecule has 0 amide bonds. The molecule has 58 valence electrons. The molecule has 1 aliphatic carbocycles. The minimum absolute atomic E-state index is 1.20.